The first-order valence-electron chi connectivity index (χ1n) is 8.47. The van der Waals surface area contributed by atoms with Gasteiger partial charge in [-0.1, -0.05) is 55.8 Å². The molecule has 1 aromatic heterocycles. The minimum Gasteiger partial charge on any atom is -0.128 e. The van der Waals surface area contributed by atoms with E-state index in [1.54, 1.807) is 0 Å². The molecule has 0 amide bonds. The molecule has 1 heterocycles. The fourth-order valence-electron chi connectivity index (χ4n) is 3.48. The molecule has 0 unspecified atom stereocenters. The van der Waals surface area contributed by atoms with Gasteiger partial charge in [-0.05, 0) is 74.1 Å². The number of aryl methyl sites for hydroxylation is 1. The van der Waals surface area contributed by atoms with Crippen LogP contribution in [0.3, 0.4) is 0 Å². The van der Waals surface area contributed by atoms with Gasteiger partial charge >= 0.3 is 0 Å². The molecule has 0 nitrogen and oxygen atoms in total. The van der Waals surface area contributed by atoms with E-state index in [0.717, 1.165) is 6.42 Å². The van der Waals surface area contributed by atoms with Gasteiger partial charge in [-0.3, -0.25) is 0 Å². The molecule has 0 saturated carbocycles. The third-order valence-corrected chi connectivity index (χ3v) is 6.23. The first-order valence-corrected chi connectivity index (χ1v) is 10.1. The van der Waals surface area contributed by atoms with Crippen LogP contribution in [0.1, 0.15) is 25.3 Å². The predicted octanol–water partition coefficient (Wildman–Crippen LogP) is 7.83. The zero-order valence-electron chi connectivity index (χ0n) is 13.7. The summed E-state index contributed by atoms with van der Waals surface area (Å²) in [4.78, 5) is 1.34. The molecular weight excluding hydrogens is 376 g/mol. The molecular formula is C22H19BrS. The fraction of sp³-hybridized carbons (Fsp3) is 0.182. The van der Waals surface area contributed by atoms with Crippen molar-refractivity contribution in [3.63, 3.8) is 0 Å². The molecule has 120 valence electrons. The highest BCUT2D eigenvalue weighted by atomic mass is 79.9. The largest absolute Gasteiger partial charge is 0.128 e. The Kier molecular flexibility index (Phi) is 4.43. The van der Waals surface area contributed by atoms with Gasteiger partial charge in [-0.15, -0.1) is 11.3 Å². The summed E-state index contributed by atoms with van der Waals surface area (Å²) in [5, 5.41) is 5.45. The Balaban J connectivity index is 2.12. The average molecular weight is 395 g/mol. The Morgan fingerprint density at radius 2 is 1.75 bits per heavy atom. The Morgan fingerprint density at radius 1 is 0.917 bits per heavy atom. The van der Waals surface area contributed by atoms with Gasteiger partial charge in [0.15, 0.2) is 0 Å². The lowest BCUT2D eigenvalue weighted by molar-refractivity contribution is 0.799. The normalized spacial score (nSPS) is 11.4. The highest BCUT2D eigenvalue weighted by Crippen LogP contribution is 2.42. The second-order valence-electron chi connectivity index (χ2n) is 6.20. The number of halogens is 1. The maximum absolute atomic E-state index is 3.64. The van der Waals surface area contributed by atoms with Crippen LogP contribution in [0.25, 0.3) is 32.0 Å². The SMILES string of the molecule is CCCCc1cccc2cc3ccccc3c(-c3ccc(Br)s3)c12. The highest BCUT2D eigenvalue weighted by Gasteiger charge is 2.14. The second-order valence-corrected chi connectivity index (χ2v) is 8.66. The quantitative estimate of drug-likeness (QED) is 0.309. The summed E-state index contributed by atoms with van der Waals surface area (Å²) in [6.45, 7) is 2.26. The Labute approximate surface area is 155 Å². The maximum Gasteiger partial charge on any atom is 0.0705 e. The third-order valence-electron chi connectivity index (χ3n) is 4.59. The van der Waals surface area contributed by atoms with Crippen LogP contribution in [0.4, 0.5) is 0 Å². The van der Waals surface area contributed by atoms with Gasteiger partial charge in [0.2, 0.25) is 0 Å². The molecule has 0 bridgehead atoms. The molecule has 0 aliphatic heterocycles. The first kappa shape index (κ1) is 15.9. The predicted molar refractivity (Wildman–Crippen MR) is 111 cm³/mol. The van der Waals surface area contributed by atoms with Gasteiger partial charge in [0, 0.05) is 10.4 Å². The number of fused-ring (bicyclic) bond motifs is 2. The topological polar surface area (TPSA) is 0 Å². The van der Waals surface area contributed by atoms with Crippen LogP contribution in [0.15, 0.2) is 64.5 Å². The van der Waals surface area contributed by atoms with Gasteiger partial charge in [-0.2, -0.15) is 0 Å². The molecule has 0 fully saturated rings. The Hall–Kier alpha value is -1.64. The van der Waals surface area contributed by atoms with Crippen molar-refractivity contribution in [3.8, 4) is 10.4 Å². The average Bonchev–Trinajstić information content (AvgIpc) is 3.03. The molecule has 4 aromatic rings. The number of rotatable bonds is 4. The molecule has 4 rings (SSSR count). The number of hydrogen-bond donors (Lipinski definition) is 0. The molecule has 24 heavy (non-hydrogen) atoms. The summed E-state index contributed by atoms with van der Waals surface area (Å²) in [5.41, 5.74) is 2.87. The van der Waals surface area contributed by atoms with Crippen LogP contribution in [-0.2, 0) is 6.42 Å². The van der Waals surface area contributed by atoms with E-state index in [-0.39, 0.29) is 0 Å². The van der Waals surface area contributed by atoms with E-state index in [1.807, 2.05) is 11.3 Å². The van der Waals surface area contributed by atoms with Crippen LogP contribution < -0.4 is 0 Å². The van der Waals surface area contributed by atoms with E-state index in [0.29, 0.717) is 0 Å². The van der Waals surface area contributed by atoms with Crippen molar-refractivity contribution >= 4 is 48.8 Å². The van der Waals surface area contributed by atoms with E-state index >= 15 is 0 Å². The molecule has 0 aliphatic carbocycles. The molecule has 0 saturated heterocycles. The van der Waals surface area contributed by atoms with Crippen molar-refractivity contribution in [2.75, 3.05) is 0 Å². The molecule has 0 radical (unpaired) electrons. The van der Waals surface area contributed by atoms with E-state index < -0.39 is 0 Å². The van der Waals surface area contributed by atoms with E-state index in [4.69, 9.17) is 0 Å². The monoisotopic (exact) mass is 394 g/mol. The summed E-state index contributed by atoms with van der Waals surface area (Å²) < 4.78 is 1.18. The van der Waals surface area contributed by atoms with Crippen LogP contribution in [-0.4, -0.2) is 0 Å². The fourth-order valence-corrected chi connectivity index (χ4v) is 4.93. The molecule has 3 aromatic carbocycles. The number of benzene rings is 3. The summed E-state index contributed by atoms with van der Waals surface area (Å²) in [6, 6.07) is 22.3. The molecule has 0 N–H and O–H groups in total. The van der Waals surface area contributed by atoms with Crippen LogP contribution in [0.5, 0.6) is 0 Å². The smallest absolute Gasteiger partial charge is 0.0705 e. The summed E-state index contributed by atoms with van der Waals surface area (Å²) >= 11 is 5.46. The van der Waals surface area contributed by atoms with E-state index in [9.17, 15) is 0 Å². The summed E-state index contributed by atoms with van der Waals surface area (Å²) in [6.07, 6.45) is 3.61. The Morgan fingerprint density at radius 3 is 2.54 bits per heavy atom. The van der Waals surface area contributed by atoms with Crippen molar-refractivity contribution in [2.45, 2.75) is 26.2 Å². The number of thiophene rings is 1. The standard InChI is InChI=1S/C22H19BrS/c1-2-3-7-15-9-6-10-17-14-16-8-4-5-11-18(16)22(21(15)17)19-12-13-20(23)24-19/h4-6,8-14H,2-3,7H2,1H3. The van der Waals surface area contributed by atoms with Crippen molar-refractivity contribution < 1.29 is 0 Å². The van der Waals surface area contributed by atoms with Crippen molar-refractivity contribution in [1.82, 2.24) is 0 Å². The second kappa shape index (κ2) is 6.70. The van der Waals surface area contributed by atoms with E-state index in [2.05, 4.69) is 83.5 Å². The van der Waals surface area contributed by atoms with Crippen LogP contribution in [0.2, 0.25) is 0 Å². The van der Waals surface area contributed by atoms with Gasteiger partial charge in [0.1, 0.15) is 0 Å². The molecule has 2 heteroatoms. The van der Waals surface area contributed by atoms with Gasteiger partial charge in [0.25, 0.3) is 0 Å². The molecule has 0 aliphatic rings. The van der Waals surface area contributed by atoms with Crippen LogP contribution >= 0.6 is 27.3 Å². The lowest BCUT2D eigenvalue weighted by Gasteiger charge is -2.14. The minimum absolute atomic E-state index is 1.14. The first-order chi connectivity index (χ1) is 11.8. The summed E-state index contributed by atoms with van der Waals surface area (Å²) in [7, 11) is 0. The molecule has 0 spiro atoms. The maximum atomic E-state index is 3.64. The number of hydrogen-bond acceptors (Lipinski definition) is 1. The third kappa shape index (κ3) is 2.78. The van der Waals surface area contributed by atoms with Crippen molar-refractivity contribution in [3.05, 3.63) is 70.0 Å². The van der Waals surface area contributed by atoms with Crippen LogP contribution in [0, 0.1) is 0 Å². The lowest BCUT2D eigenvalue weighted by Crippen LogP contribution is -1.91. The lowest BCUT2D eigenvalue weighted by atomic mass is 9.91. The van der Waals surface area contributed by atoms with Gasteiger partial charge in [-0.25, -0.2) is 0 Å². The zero-order valence-corrected chi connectivity index (χ0v) is 16.1. The number of unbranched alkanes of at least 4 members (excludes halogenated alkanes) is 1. The molecule has 0 atom stereocenters. The summed E-state index contributed by atoms with van der Waals surface area (Å²) in [5.74, 6) is 0. The van der Waals surface area contributed by atoms with Gasteiger partial charge < -0.3 is 0 Å². The Bertz CT molecular complexity index is 1010. The van der Waals surface area contributed by atoms with Gasteiger partial charge in [0.05, 0.1) is 3.79 Å². The van der Waals surface area contributed by atoms with E-state index in [1.165, 1.54) is 54.2 Å². The van der Waals surface area contributed by atoms with Crippen molar-refractivity contribution in [1.29, 1.82) is 0 Å². The zero-order chi connectivity index (χ0) is 16.5. The minimum atomic E-state index is 1.14. The van der Waals surface area contributed by atoms with Crippen molar-refractivity contribution in [2.24, 2.45) is 0 Å². The highest BCUT2D eigenvalue weighted by molar-refractivity contribution is 9.11.